The third-order valence-electron chi connectivity index (χ3n) is 6.37. The summed E-state index contributed by atoms with van der Waals surface area (Å²) in [4.78, 5) is 57.5. The van der Waals surface area contributed by atoms with Crippen LogP contribution in [-0.2, 0) is 25.3 Å². The second-order valence-electron chi connectivity index (χ2n) is 8.37. The molecular weight excluding hydrogens is 481 g/mol. The molecule has 1 fully saturated rings. The number of amides is 2. The number of aliphatic imine (C=N–C) groups is 1. The predicted molar refractivity (Wildman–Crippen MR) is 119 cm³/mol. The molecule has 36 heavy (non-hydrogen) atoms. The number of aliphatic hydroxyl groups is 1. The number of Topliss-reactive ketones (excluding diaryl/α,β-unsaturated/α-hetero) is 1. The number of ether oxygens (including phenoxy) is 1. The van der Waals surface area contributed by atoms with Crippen LogP contribution in [-0.4, -0.2) is 47.0 Å². The van der Waals surface area contributed by atoms with E-state index in [0.717, 1.165) is 18.2 Å². The van der Waals surface area contributed by atoms with Crippen molar-refractivity contribution in [1.82, 2.24) is 0 Å². The van der Waals surface area contributed by atoms with Crippen molar-refractivity contribution in [2.45, 2.75) is 19.1 Å². The van der Waals surface area contributed by atoms with E-state index in [-0.39, 0.29) is 34.7 Å². The van der Waals surface area contributed by atoms with Crippen LogP contribution in [0.1, 0.15) is 28.4 Å². The van der Waals surface area contributed by atoms with Gasteiger partial charge in [0.2, 0.25) is 11.8 Å². The van der Waals surface area contributed by atoms with Crippen LogP contribution in [0.4, 0.5) is 18.9 Å². The van der Waals surface area contributed by atoms with Gasteiger partial charge in [0.15, 0.2) is 11.8 Å². The zero-order valence-corrected chi connectivity index (χ0v) is 18.6. The molecule has 0 unspecified atom stereocenters. The number of rotatable bonds is 4. The molecule has 184 valence electrons. The fourth-order valence-corrected chi connectivity index (χ4v) is 4.83. The molecule has 0 spiro atoms. The van der Waals surface area contributed by atoms with Gasteiger partial charge in [-0.15, -0.1) is 0 Å². The van der Waals surface area contributed by atoms with Gasteiger partial charge in [-0.05, 0) is 25.1 Å². The van der Waals surface area contributed by atoms with Crippen molar-refractivity contribution in [2.24, 2.45) is 16.8 Å². The molecule has 5 rings (SSSR count). The van der Waals surface area contributed by atoms with Crippen LogP contribution in [0.2, 0.25) is 0 Å². The molecule has 2 heterocycles. The molecule has 2 aliphatic heterocycles. The number of hydrogen-bond donors (Lipinski definition) is 1. The topological polar surface area (TPSA) is 113 Å². The summed E-state index contributed by atoms with van der Waals surface area (Å²) in [6, 6.07) is 8.26. The van der Waals surface area contributed by atoms with E-state index in [0.29, 0.717) is 11.0 Å². The van der Waals surface area contributed by atoms with Gasteiger partial charge >= 0.3 is 12.1 Å². The lowest BCUT2D eigenvalue weighted by Crippen LogP contribution is -2.36. The number of allylic oxidation sites excluding steroid dienone is 1. The Hall–Kier alpha value is -4.28. The Balaban J connectivity index is 1.62. The van der Waals surface area contributed by atoms with Crippen LogP contribution >= 0.6 is 0 Å². The smallest absolute Gasteiger partial charge is 0.416 e. The van der Waals surface area contributed by atoms with Gasteiger partial charge in [-0.3, -0.25) is 19.4 Å². The number of carbonyl (C=O) groups is 4. The number of nitrogens with zero attached hydrogens (tertiary/aromatic N) is 2. The molecule has 1 N–H and O–H groups in total. The van der Waals surface area contributed by atoms with E-state index in [1.807, 2.05) is 0 Å². The standard InChI is InChI=1S/C25H17F3N2O6/c1-2-36-24(35)19-16-15(18(29-19)17-20(31)13-8-3-4-9-14(13)21(17)32)22(33)30(23(16)34)12-7-5-6-11(10-12)25(26,27)28/h3-10,15-16,19,31H,2H2,1H3/t15-,16-,19-/m1/s1. The van der Waals surface area contributed by atoms with Gasteiger partial charge in [-0.1, -0.05) is 30.3 Å². The van der Waals surface area contributed by atoms with Crippen LogP contribution in [0, 0.1) is 11.8 Å². The molecule has 2 aromatic rings. The van der Waals surface area contributed by atoms with Crippen molar-refractivity contribution >= 4 is 40.7 Å². The quantitative estimate of drug-likeness (QED) is 0.511. The molecule has 0 radical (unpaired) electrons. The number of fused-ring (bicyclic) bond motifs is 2. The number of ketones is 1. The Labute approximate surface area is 201 Å². The van der Waals surface area contributed by atoms with Crippen molar-refractivity contribution in [3.05, 3.63) is 70.8 Å². The van der Waals surface area contributed by atoms with Crippen molar-refractivity contribution in [3.63, 3.8) is 0 Å². The van der Waals surface area contributed by atoms with Gasteiger partial charge in [-0.2, -0.15) is 13.2 Å². The van der Waals surface area contributed by atoms with Gasteiger partial charge in [0.1, 0.15) is 5.76 Å². The summed E-state index contributed by atoms with van der Waals surface area (Å²) in [5, 5.41) is 10.8. The number of carbonyl (C=O) groups excluding carboxylic acids is 4. The van der Waals surface area contributed by atoms with Crippen LogP contribution < -0.4 is 4.90 Å². The Morgan fingerprint density at radius 3 is 2.39 bits per heavy atom. The molecule has 0 aromatic heterocycles. The highest BCUT2D eigenvalue weighted by Gasteiger charge is 2.61. The zero-order chi connectivity index (χ0) is 25.9. The minimum absolute atomic E-state index is 0.0601. The van der Waals surface area contributed by atoms with Gasteiger partial charge in [-0.25, -0.2) is 9.69 Å². The molecule has 11 heteroatoms. The predicted octanol–water partition coefficient (Wildman–Crippen LogP) is 3.36. The van der Waals surface area contributed by atoms with E-state index >= 15 is 0 Å². The Morgan fingerprint density at radius 1 is 1.06 bits per heavy atom. The summed E-state index contributed by atoms with van der Waals surface area (Å²) in [6.45, 7) is 1.46. The van der Waals surface area contributed by atoms with Crippen LogP contribution in [0.15, 0.2) is 59.1 Å². The maximum atomic E-state index is 13.5. The first-order chi connectivity index (χ1) is 17.1. The number of esters is 1. The van der Waals surface area contributed by atoms with Gasteiger partial charge in [0.05, 0.1) is 41.0 Å². The second-order valence-corrected chi connectivity index (χ2v) is 8.37. The molecule has 0 saturated carbocycles. The number of benzene rings is 2. The van der Waals surface area contributed by atoms with Gasteiger partial charge < -0.3 is 9.84 Å². The van der Waals surface area contributed by atoms with Gasteiger partial charge in [0.25, 0.3) is 0 Å². The average molecular weight is 498 g/mol. The monoisotopic (exact) mass is 498 g/mol. The van der Waals surface area contributed by atoms with Crippen molar-refractivity contribution < 1.29 is 42.2 Å². The molecule has 2 aromatic carbocycles. The largest absolute Gasteiger partial charge is 0.506 e. The van der Waals surface area contributed by atoms with Crippen molar-refractivity contribution in [1.29, 1.82) is 0 Å². The second kappa shape index (κ2) is 8.14. The summed E-state index contributed by atoms with van der Waals surface area (Å²) in [5.74, 6) is -6.88. The normalized spacial score (nSPS) is 23.2. The zero-order valence-electron chi connectivity index (χ0n) is 18.6. The number of anilines is 1. The Morgan fingerprint density at radius 2 is 1.75 bits per heavy atom. The fourth-order valence-electron chi connectivity index (χ4n) is 4.83. The maximum Gasteiger partial charge on any atom is 0.416 e. The number of imide groups is 1. The minimum Gasteiger partial charge on any atom is -0.506 e. The van der Waals surface area contributed by atoms with Crippen molar-refractivity contribution in [3.8, 4) is 0 Å². The Kier molecular flexibility index (Phi) is 5.31. The Bertz CT molecular complexity index is 1410. The average Bonchev–Trinajstić information content (AvgIpc) is 3.43. The molecular formula is C25H17F3N2O6. The maximum absolute atomic E-state index is 13.5. The number of aliphatic hydroxyl groups excluding tert-OH is 1. The minimum atomic E-state index is -4.73. The first kappa shape index (κ1) is 23.5. The molecule has 1 saturated heterocycles. The number of halogens is 3. The highest BCUT2D eigenvalue weighted by atomic mass is 19.4. The molecule has 3 atom stereocenters. The summed E-state index contributed by atoms with van der Waals surface area (Å²) in [5.41, 5.74) is -1.67. The van der Waals surface area contributed by atoms with E-state index in [1.54, 1.807) is 12.1 Å². The first-order valence-corrected chi connectivity index (χ1v) is 10.9. The lowest BCUT2D eigenvalue weighted by molar-refractivity contribution is -0.147. The van der Waals surface area contributed by atoms with E-state index in [4.69, 9.17) is 4.74 Å². The van der Waals surface area contributed by atoms with Crippen LogP contribution in [0.3, 0.4) is 0 Å². The highest BCUT2D eigenvalue weighted by molar-refractivity contribution is 6.42. The van der Waals surface area contributed by atoms with E-state index in [2.05, 4.69) is 4.99 Å². The summed E-state index contributed by atoms with van der Waals surface area (Å²) < 4.78 is 44.8. The highest BCUT2D eigenvalue weighted by Crippen LogP contribution is 2.45. The summed E-state index contributed by atoms with van der Waals surface area (Å²) >= 11 is 0. The van der Waals surface area contributed by atoms with Crippen LogP contribution in [0.25, 0.3) is 5.76 Å². The van der Waals surface area contributed by atoms with E-state index in [1.165, 1.54) is 19.1 Å². The lowest BCUT2D eigenvalue weighted by atomic mass is 9.85. The molecule has 2 amide bonds. The molecule has 8 nitrogen and oxygen atoms in total. The molecule has 3 aliphatic rings. The third-order valence-corrected chi connectivity index (χ3v) is 6.37. The summed E-state index contributed by atoms with van der Waals surface area (Å²) in [7, 11) is 0. The molecule has 1 aliphatic carbocycles. The van der Waals surface area contributed by atoms with Crippen molar-refractivity contribution in [2.75, 3.05) is 11.5 Å². The number of alkyl halides is 3. The SMILES string of the molecule is CCOC(=O)[C@@H]1N=C(C2=C(O)c3ccccc3C2=O)[C@@H]2C(=O)N(c3cccc(C(F)(F)F)c3)C(=O)[C@H]21. The lowest BCUT2D eigenvalue weighted by Gasteiger charge is -2.19. The van der Waals surface area contributed by atoms with E-state index in [9.17, 15) is 37.5 Å². The van der Waals surface area contributed by atoms with E-state index < -0.39 is 58.9 Å². The first-order valence-electron chi connectivity index (χ1n) is 10.9. The molecule has 0 bridgehead atoms. The summed E-state index contributed by atoms with van der Waals surface area (Å²) in [6.07, 6.45) is -4.73. The fraction of sp³-hybridized carbons (Fsp3) is 0.240. The van der Waals surface area contributed by atoms with Gasteiger partial charge in [0, 0.05) is 11.1 Å². The van der Waals surface area contributed by atoms with Crippen LogP contribution in [0.5, 0.6) is 0 Å². The number of hydrogen-bond acceptors (Lipinski definition) is 7. The third kappa shape index (κ3) is 3.34.